The van der Waals surface area contributed by atoms with Gasteiger partial charge >= 0.3 is 0 Å². The summed E-state index contributed by atoms with van der Waals surface area (Å²) in [4.78, 5) is 41.3. The zero-order chi connectivity index (χ0) is 21.7. The third-order valence-electron chi connectivity index (χ3n) is 6.13. The first kappa shape index (κ1) is 19.5. The average molecular weight is 419 g/mol. The van der Waals surface area contributed by atoms with E-state index in [-0.39, 0.29) is 18.4 Å². The molecule has 0 radical (unpaired) electrons. The highest BCUT2D eigenvalue weighted by Crippen LogP contribution is 2.35. The van der Waals surface area contributed by atoms with Gasteiger partial charge in [-0.2, -0.15) is 0 Å². The van der Waals surface area contributed by atoms with Crippen molar-refractivity contribution in [2.45, 2.75) is 33.2 Å². The van der Waals surface area contributed by atoms with Crippen LogP contribution in [-0.4, -0.2) is 51.8 Å². The summed E-state index contributed by atoms with van der Waals surface area (Å²) < 4.78 is 0. The predicted molar refractivity (Wildman–Crippen MR) is 119 cm³/mol. The van der Waals surface area contributed by atoms with Gasteiger partial charge in [-0.25, -0.2) is 9.97 Å². The summed E-state index contributed by atoms with van der Waals surface area (Å²) in [5.41, 5.74) is 5.41. The largest absolute Gasteiger partial charge is 0.359 e. The van der Waals surface area contributed by atoms with Gasteiger partial charge in [0.1, 0.15) is 11.6 Å². The molecule has 1 fully saturated rings. The molecule has 3 aromatic rings. The fraction of sp³-hybridized carbons (Fsp3) is 0.391. The third kappa shape index (κ3) is 3.73. The van der Waals surface area contributed by atoms with Crippen LogP contribution in [0, 0.1) is 19.8 Å². The summed E-state index contributed by atoms with van der Waals surface area (Å²) >= 11 is 0. The van der Waals surface area contributed by atoms with E-state index < -0.39 is 0 Å². The highest BCUT2D eigenvalue weighted by atomic mass is 16.2. The lowest BCUT2D eigenvalue weighted by Crippen LogP contribution is -2.41. The molecule has 1 saturated carbocycles. The SMILES string of the molecule is Cc1cc2nc(CN(C)C(=O)c3cnc4c(c3)N(CC3CC3)C(=O)CN4)[nH]c2cc1C. The number of anilines is 2. The van der Waals surface area contributed by atoms with E-state index in [2.05, 4.69) is 46.2 Å². The number of nitrogens with one attached hydrogen (secondary N) is 2. The number of aromatic nitrogens is 3. The second kappa shape index (κ2) is 7.37. The number of hydrogen-bond acceptors (Lipinski definition) is 5. The lowest BCUT2D eigenvalue weighted by atomic mass is 10.1. The summed E-state index contributed by atoms with van der Waals surface area (Å²) in [5, 5.41) is 3.05. The van der Waals surface area contributed by atoms with Gasteiger partial charge in [-0.1, -0.05) is 0 Å². The number of H-pyrrole nitrogens is 1. The van der Waals surface area contributed by atoms with E-state index in [9.17, 15) is 9.59 Å². The Hall–Kier alpha value is -3.42. The van der Waals surface area contributed by atoms with Crippen molar-refractivity contribution in [3.05, 3.63) is 46.9 Å². The highest BCUT2D eigenvalue weighted by Gasteiger charge is 2.32. The molecule has 3 heterocycles. The number of carbonyl (C=O) groups is 2. The lowest BCUT2D eigenvalue weighted by Gasteiger charge is -2.30. The van der Waals surface area contributed by atoms with E-state index in [1.54, 1.807) is 29.1 Å². The van der Waals surface area contributed by atoms with Crippen molar-refractivity contribution < 1.29 is 9.59 Å². The number of aromatic amines is 1. The minimum Gasteiger partial charge on any atom is -0.359 e. The maximum absolute atomic E-state index is 13.1. The van der Waals surface area contributed by atoms with E-state index in [0.717, 1.165) is 29.7 Å². The Balaban J connectivity index is 1.37. The van der Waals surface area contributed by atoms with Crippen LogP contribution in [-0.2, 0) is 11.3 Å². The van der Waals surface area contributed by atoms with Crippen LogP contribution in [0.4, 0.5) is 11.5 Å². The van der Waals surface area contributed by atoms with Crippen molar-refractivity contribution in [3.8, 4) is 0 Å². The van der Waals surface area contributed by atoms with Gasteiger partial charge in [0.2, 0.25) is 5.91 Å². The van der Waals surface area contributed by atoms with Gasteiger partial charge in [-0.3, -0.25) is 9.59 Å². The highest BCUT2D eigenvalue weighted by molar-refractivity contribution is 6.04. The Morgan fingerprint density at radius 1 is 1.23 bits per heavy atom. The summed E-state index contributed by atoms with van der Waals surface area (Å²) in [6, 6.07) is 5.91. The van der Waals surface area contributed by atoms with Crippen LogP contribution in [0.15, 0.2) is 24.4 Å². The molecule has 160 valence electrons. The maximum Gasteiger partial charge on any atom is 0.255 e. The van der Waals surface area contributed by atoms with Crippen LogP contribution in [0.3, 0.4) is 0 Å². The quantitative estimate of drug-likeness (QED) is 0.664. The fourth-order valence-corrected chi connectivity index (χ4v) is 3.97. The molecule has 5 rings (SSSR count). The first-order valence-electron chi connectivity index (χ1n) is 10.6. The Morgan fingerprint density at radius 3 is 2.77 bits per heavy atom. The van der Waals surface area contributed by atoms with Crippen LogP contribution < -0.4 is 10.2 Å². The molecule has 2 N–H and O–H groups in total. The number of hydrogen-bond donors (Lipinski definition) is 2. The lowest BCUT2D eigenvalue weighted by molar-refractivity contribution is -0.117. The molecule has 31 heavy (non-hydrogen) atoms. The smallest absolute Gasteiger partial charge is 0.255 e. The summed E-state index contributed by atoms with van der Waals surface area (Å²) in [6.07, 6.45) is 3.87. The molecule has 2 amide bonds. The molecule has 1 aliphatic carbocycles. The van der Waals surface area contributed by atoms with Crippen molar-refractivity contribution in [2.75, 3.05) is 30.4 Å². The molecule has 0 bridgehead atoms. The third-order valence-corrected chi connectivity index (χ3v) is 6.13. The van der Waals surface area contributed by atoms with E-state index in [4.69, 9.17) is 0 Å². The van der Waals surface area contributed by atoms with E-state index in [1.165, 1.54) is 11.1 Å². The van der Waals surface area contributed by atoms with Gasteiger partial charge in [0.15, 0.2) is 0 Å². The van der Waals surface area contributed by atoms with Crippen molar-refractivity contribution in [1.29, 1.82) is 0 Å². The summed E-state index contributed by atoms with van der Waals surface area (Å²) in [5.74, 6) is 1.80. The Kier molecular flexibility index (Phi) is 4.64. The first-order chi connectivity index (χ1) is 14.9. The Bertz CT molecular complexity index is 1160. The normalized spacial score (nSPS) is 15.7. The maximum atomic E-state index is 13.1. The van der Waals surface area contributed by atoms with Crippen molar-refractivity contribution in [2.24, 2.45) is 5.92 Å². The number of fused-ring (bicyclic) bond motifs is 2. The van der Waals surface area contributed by atoms with Crippen LogP contribution in [0.25, 0.3) is 11.0 Å². The molecular formula is C23H26N6O2. The van der Waals surface area contributed by atoms with Gasteiger partial charge in [0.25, 0.3) is 5.91 Å². The average Bonchev–Trinajstić information content (AvgIpc) is 3.49. The number of carbonyl (C=O) groups excluding carboxylic acids is 2. The second-order valence-corrected chi connectivity index (χ2v) is 8.69. The van der Waals surface area contributed by atoms with E-state index in [0.29, 0.717) is 36.1 Å². The van der Waals surface area contributed by atoms with Crippen LogP contribution in [0.2, 0.25) is 0 Å². The van der Waals surface area contributed by atoms with Gasteiger partial charge in [0.05, 0.1) is 35.4 Å². The first-order valence-corrected chi connectivity index (χ1v) is 10.6. The number of pyridine rings is 1. The zero-order valence-electron chi connectivity index (χ0n) is 18.0. The zero-order valence-corrected chi connectivity index (χ0v) is 18.0. The molecule has 0 atom stereocenters. The molecule has 0 saturated heterocycles. The minimum absolute atomic E-state index is 0.0204. The Labute approximate surface area is 180 Å². The Morgan fingerprint density at radius 2 is 2.00 bits per heavy atom. The molecular weight excluding hydrogens is 392 g/mol. The number of imidazole rings is 1. The van der Waals surface area contributed by atoms with Gasteiger partial charge in [-0.15, -0.1) is 0 Å². The van der Waals surface area contributed by atoms with E-state index >= 15 is 0 Å². The summed E-state index contributed by atoms with van der Waals surface area (Å²) in [6.45, 7) is 5.42. The number of amides is 2. The molecule has 0 unspecified atom stereocenters. The molecule has 1 aromatic carbocycles. The minimum atomic E-state index is -0.160. The second-order valence-electron chi connectivity index (χ2n) is 8.69. The number of benzene rings is 1. The van der Waals surface area contributed by atoms with Crippen molar-refractivity contribution >= 4 is 34.4 Å². The molecule has 1 aliphatic heterocycles. The van der Waals surface area contributed by atoms with Gasteiger partial charge in [-0.05, 0) is 61.9 Å². The summed E-state index contributed by atoms with van der Waals surface area (Å²) in [7, 11) is 1.75. The van der Waals surface area contributed by atoms with Crippen LogP contribution >= 0.6 is 0 Å². The monoisotopic (exact) mass is 418 g/mol. The fourth-order valence-electron chi connectivity index (χ4n) is 3.97. The molecule has 2 aliphatic rings. The topological polar surface area (TPSA) is 94.2 Å². The standard InChI is InChI=1S/C23H26N6O2/c1-13-6-17-18(7-14(13)2)27-20(26-17)12-28(3)23(31)16-8-19-22(24-9-16)25-10-21(30)29(19)11-15-4-5-15/h6-9,15H,4-5,10-12H2,1-3H3,(H,24,25)(H,26,27). The number of rotatable bonds is 5. The molecule has 8 nitrogen and oxygen atoms in total. The predicted octanol–water partition coefficient (Wildman–Crippen LogP) is 3.02. The number of nitrogens with zero attached hydrogens (tertiary/aromatic N) is 4. The van der Waals surface area contributed by atoms with Crippen LogP contribution in [0.1, 0.15) is 40.2 Å². The number of aryl methyl sites for hydroxylation is 2. The van der Waals surface area contributed by atoms with Gasteiger partial charge in [0, 0.05) is 19.8 Å². The van der Waals surface area contributed by atoms with Crippen molar-refractivity contribution in [3.63, 3.8) is 0 Å². The van der Waals surface area contributed by atoms with Crippen LogP contribution in [0.5, 0.6) is 0 Å². The molecule has 8 heteroatoms. The van der Waals surface area contributed by atoms with Crippen molar-refractivity contribution in [1.82, 2.24) is 19.9 Å². The van der Waals surface area contributed by atoms with Gasteiger partial charge < -0.3 is 20.1 Å². The van der Waals surface area contributed by atoms with E-state index in [1.807, 2.05) is 0 Å². The molecule has 0 spiro atoms. The molecule has 2 aromatic heterocycles.